The lowest BCUT2D eigenvalue weighted by Crippen LogP contribution is -2.20. The summed E-state index contributed by atoms with van der Waals surface area (Å²) in [7, 11) is 1.57. The Balaban J connectivity index is 1.92. The van der Waals surface area contributed by atoms with E-state index in [2.05, 4.69) is 38.2 Å². The van der Waals surface area contributed by atoms with Crippen LogP contribution in [0.5, 0.6) is 11.5 Å². The quantitative estimate of drug-likeness (QED) is 0.820. The highest BCUT2D eigenvalue weighted by molar-refractivity contribution is 5.93. The van der Waals surface area contributed by atoms with Crippen LogP contribution in [0.25, 0.3) is 0 Å². The fourth-order valence-electron chi connectivity index (χ4n) is 2.29. The van der Waals surface area contributed by atoms with Gasteiger partial charge in [-0.2, -0.15) is 0 Å². The van der Waals surface area contributed by atoms with E-state index in [0.717, 1.165) is 6.42 Å². The van der Waals surface area contributed by atoms with E-state index in [-0.39, 0.29) is 17.9 Å². The van der Waals surface area contributed by atoms with Gasteiger partial charge in [-0.25, -0.2) is 0 Å². The second-order valence-electron chi connectivity index (χ2n) is 6.30. The minimum Gasteiger partial charge on any atom is -0.495 e. The minimum atomic E-state index is -0.225. The SMILES string of the molecule is CCC(C)(C)c1ccc(OCC(=O)Nc2ccccc2OC)cc1. The summed E-state index contributed by atoms with van der Waals surface area (Å²) in [6.45, 7) is 6.55. The molecule has 2 aromatic rings. The first kappa shape index (κ1) is 17.9. The van der Waals surface area contributed by atoms with Crippen molar-refractivity contribution in [3.05, 3.63) is 54.1 Å². The predicted molar refractivity (Wildman–Crippen MR) is 96.9 cm³/mol. The van der Waals surface area contributed by atoms with E-state index >= 15 is 0 Å². The number of carbonyl (C=O) groups is 1. The van der Waals surface area contributed by atoms with Gasteiger partial charge >= 0.3 is 0 Å². The molecule has 4 heteroatoms. The van der Waals surface area contributed by atoms with Crippen LogP contribution in [0.3, 0.4) is 0 Å². The number of methoxy groups -OCH3 is 1. The van der Waals surface area contributed by atoms with Crippen molar-refractivity contribution in [2.45, 2.75) is 32.6 Å². The molecule has 0 aromatic heterocycles. The molecular weight excluding hydrogens is 302 g/mol. The highest BCUT2D eigenvalue weighted by atomic mass is 16.5. The highest BCUT2D eigenvalue weighted by Gasteiger charge is 2.17. The van der Waals surface area contributed by atoms with E-state index in [0.29, 0.717) is 17.2 Å². The van der Waals surface area contributed by atoms with Crippen LogP contribution in [0.1, 0.15) is 32.8 Å². The van der Waals surface area contributed by atoms with E-state index < -0.39 is 0 Å². The number of anilines is 1. The molecule has 0 aliphatic rings. The molecule has 0 bridgehead atoms. The summed E-state index contributed by atoms with van der Waals surface area (Å²) in [5, 5.41) is 2.79. The van der Waals surface area contributed by atoms with E-state index in [4.69, 9.17) is 9.47 Å². The van der Waals surface area contributed by atoms with Crippen LogP contribution in [0, 0.1) is 0 Å². The molecule has 1 amide bonds. The summed E-state index contributed by atoms with van der Waals surface area (Å²) < 4.78 is 10.8. The van der Waals surface area contributed by atoms with Crippen molar-refractivity contribution in [1.29, 1.82) is 0 Å². The molecule has 2 rings (SSSR count). The molecule has 0 aliphatic heterocycles. The maximum Gasteiger partial charge on any atom is 0.262 e. The Kier molecular flexibility index (Phi) is 5.85. The highest BCUT2D eigenvalue weighted by Crippen LogP contribution is 2.28. The first-order valence-electron chi connectivity index (χ1n) is 8.12. The average molecular weight is 327 g/mol. The third-order valence-corrected chi connectivity index (χ3v) is 4.27. The second-order valence-corrected chi connectivity index (χ2v) is 6.30. The lowest BCUT2D eigenvalue weighted by molar-refractivity contribution is -0.118. The summed E-state index contributed by atoms with van der Waals surface area (Å²) in [6, 6.07) is 15.2. The monoisotopic (exact) mass is 327 g/mol. The zero-order valence-corrected chi connectivity index (χ0v) is 14.8. The van der Waals surface area contributed by atoms with Gasteiger partial charge in [-0.1, -0.05) is 45.0 Å². The van der Waals surface area contributed by atoms with Crippen LogP contribution >= 0.6 is 0 Å². The van der Waals surface area contributed by atoms with Crippen LogP contribution in [-0.2, 0) is 10.2 Å². The first-order chi connectivity index (χ1) is 11.5. The number of benzene rings is 2. The van der Waals surface area contributed by atoms with E-state index in [1.165, 1.54) is 5.56 Å². The van der Waals surface area contributed by atoms with Gasteiger partial charge in [-0.15, -0.1) is 0 Å². The molecule has 0 fully saturated rings. The lowest BCUT2D eigenvalue weighted by atomic mass is 9.82. The topological polar surface area (TPSA) is 47.6 Å². The van der Waals surface area contributed by atoms with Crippen molar-refractivity contribution in [3.8, 4) is 11.5 Å². The fourth-order valence-corrected chi connectivity index (χ4v) is 2.29. The predicted octanol–water partition coefficient (Wildman–Crippen LogP) is 4.40. The number of rotatable bonds is 7. The van der Waals surface area contributed by atoms with Gasteiger partial charge in [-0.05, 0) is 41.7 Å². The summed E-state index contributed by atoms with van der Waals surface area (Å²) in [5.74, 6) is 1.08. The van der Waals surface area contributed by atoms with Crippen molar-refractivity contribution in [1.82, 2.24) is 0 Å². The maximum absolute atomic E-state index is 12.0. The molecule has 0 radical (unpaired) electrons. The summed E-state index contributed by atoms with van der Waals surface area (Å²) in [6.07, 6.45) is 1.06. The molecule has 4 nitrogen and oxygen atoms in total. The normalized spacial score (nSPS) is 11.0. The van der Waals surface area contributed by atoms with Gasteiger partial charge in [0.1, 0.15) is 11.5 Å². The van der Waals surface area contributed by atoms with Crippen molar-refractivity contribution >= 4 is 11.6 Å². The second kappa shape index (κ2) is 7.86. The van der Waals surface area contributed by atoms with E-state index in [1.54, 1.807) is 19.2 Å². The minimum absolute atomic E-state index is 0.0471. The Morgan fingerprint density at radius 1 is 1.08 bits per heavy atom. The average Bonchev–Trinajstić information content (AvgIpc) is 2.61. The molecule has 0 saturated carbocycles. The molecule has 0 atom stereocenters. The molecule has 0 unspecified atom stereocenters. The van der Waals surface area contributed by atoms with Crippen LogP contribution in [-0.4, -0.2) is 19.6 Å². The third kappa shape index (κ3) is 4.51. The van der Waals surface area contributed by atoms with Gasteiger partial charge in [0.2, 0.25) is 0 Å². The summed E-state index contributed by atoms with van der Waals surface area (Å²) in [5.41, 5.74) is 2.03. The number of nitrogens with one attached hydrogen (secondary N) is 1. The van der Waals surface area contributed by atoms with E-state index in [9.17, 15) is 4.79 Å². The van der Waals surface area contributed by atoms with Gasteiger partial charge in [0.15, 0.2) is 6.61 Å². The molecule has 24 heavy (non-hydrogen) atoms. The Bertz CT molecular complexity index is 678. The lowest BCUT2D eigenvalue weighted by Gasteiger charge is -2.23. The Morgan fingerprint density at radius 2 is 1.75 bits per heavy atom. The summed E-state index contributed by atoms with van der Waals surface area (Å²) >= 11 is 0. The zero-order chi connectivity index (χ0) is 17.6. The van der Waals surface area contributed by atoms with Crippen molar-refractivity contribution in [2.75, 3.05) is 19.0 Å². The Hall–Kier alpha value is -2.49. The molecule has 0 saturated heterocycles. The smallest absolute Gasteiger partial charge is 0.262 e. The first-order valence-corrected chi connectivity index (χ1v) is 8.12. The van der Waals surface area contributed by atoms with Gasteiger partial charge in [-0.3, -0.25) is 4.79 Å². The van der Waals surface area contributed by atoms with Crippen LogP contribution < -0.4 is 14.8 Å². The Labute approximate surface area is 143 Å². The van der Waals surface area contributed by atoms with Crippen LogP contribution in [0.2, 0.25) is 0 Å². The number of carbonyl (C=O) groups excluding carboxylic acids is 1. The Morgan fingerprint density at radius 3 is 2.38 bits per heavy atom. The number of hydrogen-bond donors (Lipinski definition) is 1. The van der Waals surface area contributed by atoms with Crippen LogP contribution in [0.4, 0.5) is 5.69 Å². The third-order valence-electron chi connectivity index (χ3n) is 4.27. The standard InChI is InChI=1S/C20H25NO3/c1-5-20(2,3)15-10-12-16(13-11-15)24-14-19(22)21-17-8-6-7-9-18(17)23-4/h6-13H,5,14H2,1-4H3,(H,21,22). The fraction of sp³-hybridized carbons (Fsp3) is 0.350. The zero-order valence-electron chi connectivity index (χ0n) is 14.8. The number of hydrogen-bond acceptors (Lipinski definition) is 3. The van der Waals surface area contributed by atoms with Crippen LogP contribution in [0.15, 0.2) is 48.5 Å². The molecule has 2 aromatic carbocycles. The van der Waals surface area contributed by atoms with Gasteiger partial charge in [0.25, 0.3) is 5.91 Å². The molecular formula is C20H25NO3. The van der Waals surface area contributed by atoms with Gasteiger partial charge < -0.3 is 14.8 Å². The van der Waals surface area contributed by atoms with E-state index in [1.807, 2.05) is 24.3 Å². The van der Waals surface area contributed by atoms with Gasteiger partial charge in [0, 0.05) is 0 Å². The largest absolute Gasteiger partial charge is 0.495 e. The number of para-hydroxylation sites is 2. The van der Waals surface area contributed by atoms with Gasteiger partial charge in [0.05, 0.1) is 12.8 Å². The number of amides is 1. The van der Waals surface area contributed by atoms with Crippen molar-refractivity contribution in [3.63, 3.8) is 0 Å². The van der Waals surface area contributed by atoms with Crippen molar-refractivity contribution in [2.24, 2.45) is 0 Å². The number of ether oxygens (including phenoxy) is 2. The summed E-state index contributed by atoms with van der Waals surface area (Å²) in [4.78, 5) is 12.0. The molecule has 0 heterocycles. The molecule has 0 spiro atoms. The molecule has 1 N–H and O–H groups in total. The molecule has 128 valence electrons. The maximum atomic E-state index is 12.0. The molecule has 0 aliphatic carbocycles. The van der Waals surface area contributed by atoms with Crippen molar-refractivity contribution < 1.29 is 14.3 Å².